The number of esters is 1. The fourth-order valence-corrected chi connectivity index (χ4v) is 3.89. The van der Waals surface area contributed by atoms with Gasteiger partial charge in [-0.15, -0.1) is 0 Å². The summed E-state index contributed by atoms with van der Waals surface area (Å²) in [5.74, 6) is 2.12. The number of hydrogen-bond donors (Lipinski definition) is 0. The molecule has 1 aromatic heterocycles. The van der Waals surface area contributed by atoms with Gasteiger partial charge in [-0.05, 0) is 43.7 Å². The van der Waals surface area contributed by atoms with E-state index in [9.17, 15) is 4.79 Å². The number of methoxy groups -OCH3 is 3. The predicted octanol–water partition coefficient (Wildman–Crippen LogP) is 3.95. The third-order valence-corrected chi connectivity index (χ3v) is 5.53. The number of benzene rings is 2. The summed E-state index contributed by atoms with van der Waals surface area (Å²) in [6, 6.07) is 11.3. The molecule has 0 unspecified atom stereocenters. The van der Waals surface area contributed by atoms with Crippen molar-refractivity contribution in [3.8, 4) is 23.1 Å². The van der Waals surface area contributed by atoms with Crippen LogP contribution in [0.2, 0.25) is 0 Å². The first-order valence-electron chi connectivity index (χ1n) is 10.9. The van der Waals surface area contributed by atoms with Crippen LogP contribution in [0, 0.1) is 0 Å². The number of carbonyl (C=O) groups is 1. The number of ether oxygens (including phenoxy) is 5. The summed E-state index contributed by atoms with van der Waals surface area (Å²) in [5, 5.41) is 0. The highest BCUT2D eigenvalue weighted by Crippen LogP contribution is 2.38. The fourth-order valence-electron chi connectivity index (χ4n) is 3.89. The highest BCUT2D eigenvalue weighted by molar-refractivity contribution is 5.91. The number of fused-ring (bicyclic) bond motifs is 1. The van der Waals surface area contributed by atoms with Gasteiger partial charge in [0.1, 0.15) is 29.4 Å². The lowest BCUT2D eigenvalue weighted by molar-refractivity contribution is 0.0519. The van der Waals surface area contributed by atoms with E-state index in [0.717, 1.165) is 29.0 Å². The van der Waals surface area contributed by atoms with Gasteiger partial charge < -0.3 is 28.6 Å². The molecule has 0 N–H and O–H groups in total. The van der Waals surface area contributed by atoms with Gasteiger partial charge in [0.05, 0.1) is 39.8 Å². The summed E-state index contributed by atoms with van der Waals surface area (Å²) >= 11 is 0. The second-order valence-electron chi connectivity index (χ2n) is 7.44. The largest absolute Gasteiger partial charge is 0.497 e. The maximum atomic E-state index is 12.6. The predicted molar refractivity (Wildman–Crippen MR) is 126 cm³/mol. The van der Waals surface area contributed by atoms with Crippen LogP contribution < -0.4 is 23.8 Å². The van der Waals surface area contributed by atoms with Gasteiger partial charge in [0.15, 0.2) is 0 Å². The molecular formula is C25H27N3O6. The molecule has 0 saturated carbocycles. The molecule has 0 bridgehead atoms. The molecule has 1 aliphatic rings. The Bertz CT molecular complexity index is 1180. The minimum absolute atomic E-state index is 0.105. The Balaban J connectivity index is 1.68. The molecule has 9 heteroatoms. The Morgan fingerprint density at radius 3 is 2.62 bits per heavy atom. The van der Waals surface area contributed by atoms with Crippen LogP contribution in [0.3, 0.4) is 0 Å². The van der Waals surface area contributed by atoms with Crippen molar-refractivity contribution in [2.45, 2.75) is 20.0 Å². The molecule has 2 aromatic carbocycles. The van der Waals surface area contributed by atoms with Crippen molar-refractivity contribution in [2.24, 2.45) is 0 Å². The first kappa shape index (κ1) is 23.2. The van der Waals surface area contributed by atoms with Crippen LogP contribution in [0.4, 0.5) is 11.6 Å². The molecule has 0 saturated heterocycles. The zero-order valence-corrected chi connectivity index (χ0v) is 19.7. The molecule has 0 amide bonds. The van der Waals surface area contributed by atoms with Gasteiger partial charge in [-0.3, -0.25) is 0 Å². The second kappa shape index (κ2) is 10.3. The van der Waals surface area contributed by atoms with Crippen molar-refractivity contribution in [3.05, 3.63) is 59.3 Å². The van der Waals surface area contributed by atoms with E-state index in [1.54, 1.807) is 40.4 Å². The Labute approximate surface area is 198 Å². The third-order valence-electron chi connectivity index (χ3n) is 5.53. The smallest absolute Gasteiger partial charge is 0.345 e. The van der Waals surface area contributed by atoms with Gasteiger partial charge >= 0.3 is 5.97 Å². The van der Waals surface area contributed by atoms with Gasteiger partial charge in [0.25, 0.3) is 0 Å². The first-order valence-corrected chi connectivity index (χ1v) is 10.9. The minimum atomic E-state index is -0.551. The molecule has 1 aliphatic heterocycles. The van der Waals surface area contributed by atoms with Crippen LogP contribution in [0.1, 0.15) is 28.4 Å². The van der Waals surface area contributed by atoms with Crippen molar-refractivity contribution in [1.29, 1.82) is 0 Å². The van der Waals surface area contributed by atoms with Gasteiger partial charge in [0, 0.05) is 17.7 Å². The number of anilines is 2. The van der Waals surface area contributed by atoms with Crippen LogP contribution in [0.25, 0.3) is 0 Å². The lowest BCUT2D eigenvalue weighted by atomic mass is 10.1. The molecule has 178 valence electrons. The number of carbonyl (C=O) groups excluding carboxylic acids is 1. The fraction of sp³-hybridized carbons (Fsp3) is 0.320. The number of rotatable bonds is 9. The van der Waals surface area contributed by atoms with Crippen LogP contribution in [-0.4, -0.2) is 50.4 Å². The summed E-state index contributed by atoms with van der Waals surface area (Å²) in [5.41, 5.74) is 2.95. The van der Waals surface area contributed by atoms with Crippen LogP contribution in [0.15, 0.2) is 42.6 Å². The summed E-state index contributed by atoms with van der Waals surface area (Å²) in [6.45, 7) is 2.75. The summed E-state index contributed by atoms with van der Waals surface area (Å²) in [4.78, 5) is 23.6. The van der Waals surface area contributed by atoms with Gasteiger partial charge in [-0.2, -0.15) is 4.98 Å². The highest BCUT2D eigenvalue weighted by atomic mass is 16.5. The molecule has 3 aromatic rings. The van der Waals surface area contributed by atoms with Crippen molar-refractivity contribution >= 4 is 17.6 Å². The molecular weight excluding hydrogens is 438 g/mol. The molecule has 0 fully saturated rings. The maximum Gasteiger partial charge on any atom is 0.345 e. The van der Waals surface area contributed by atoms with E-state index in [1.165, 1.54) is 6.20 Å². The van der Waals surface area contributed by atoms with E-state index in [2.05, 4.69) is 9.97 Å². The molecule has 0 radical (unpaired) electrons. The van der Waals surface area contributed by atoms with Crippen molar-refractivity contribution in [1.82, 2.24) is 9.97 Å². The number of aromatic nitrogens is 2. The monoisotopic (exact) mass is 465 g/mol. The SMILES string of the molecule is CCOC(=O)c1cnc(N2CCc3c(OC)cccc32)nc1OCc1cc(OC)ccc1OC. The number of nitrogens with zero attached hydrogens (tertiary/aromatic N) is 3. The van der Waals surface area contributed by atoms with Gasteiger partial charge in [-0.1, -0.05) is 6.07 Å². The van der Waals surface area contributed by atoms with E-state index in [1.807, 2.05) is 29.2 Å². The Hall–Kier alpha value is -4.01. The van der Waals surface area contributed by atoms with Crippen LogP contribution in [-0.2, 0) is 17.8 Å². The average molecular weight is 466 g/mol. The van der Waals surface area contributed by atoms with Crippen LogP contribution in [0.5, 0.6) is 23.1 Å². The standard InChI is InChI=1S/C25H27N3O6/c1-5-33-24(29)19-14-26-25(28-12-11-18-20(28)7-6-8-22(18)32-4)27-23(19)34-15-16-13-17(30-2)9-10-21(16)31-3/h6-10,13-14H,5,11-12,15H2,1-4H3. The first-order chi connectivity index (χ1) is 16.6. The topological polar surface area (TPSA) is 92.2 Å². The quantitative estimate of drug-likeness (QED) is 0.436. The third kappa shape index (κ3) is 4.54. The Kier molecular flexibility index (Phi) is 7.01. The van der Waals surface area contributed by atoms with Crippen molar-refractivity contribution in [3.63, 3.8) is 0 Å². The van der Waals surface area contributed by atoms with E-state index in [0.29, 0.717) is 24.0 Å². The number of hydrogen-bond acceptors (Lipinski definition) is 9. The van der Waals surface area contributed by atoms with Crippen LogP contribution >= 0.6 is 0 Å². The Morgan fingerprint density at radius 1 is 1.06 bits per heavy atom. The summed E-state index contributed by atoms with van der Waals surface area (Å²) < 4.78 is 27.4. The van der Waals surface area contributed by atoms with Gasteiger partial charge in [-0.25, -0.2) is 9.78 Å². The normalized spacial score (nSPS) is 12.2. The lowest BCUT2D eigenvalue weighted by Crippen LogP contribution is -2.18. The average Bonchev–Trinajstić information content (AvgIpc) is 3.31. The van der Waals surface area contributed by atoms with Gasteiger partial charge in [0.2, 0.25) is 11.8 Å². The summed E-state index contributed by atoms with van der Waals surface area (Å²) in [7, 11) is 4.82. The molecule has 0 atom stereocenters. The maximum absolute atomic E-state index is 12.6. The van der Waals surface area contributed by atoms with Crippen molar-refractivity contribution < 1.29 is 28.5 Å². The molecule has 2 heterocycles. The zero-order chi connectivity index (χ0) is 24.1. The van der Waals surface area contributed by atoms with E-state index < -0.39 is 5.97 Å². The minimum Gasteiger partial charge on any atom is -0.497 e. The van der Waals surface area contributed by atoms with E-state index in [4.69, 9.17) is 23.7 Å². The Morgan fingerprint density at radius 2 is 1.88 bits per heavy atom. The molecule has 0 aliphatic carbocycles. The van der Waals surface area contributed by atoms with E-state index >= 15 is 0 Å². The molecule has 9 nitrogen and oxygen atoms in total. The van der Waals surface area contributed by atoms with E-state index in [-0.39, 0.29) is 24.7 Å². The highest BCUT2D eigenvalue weighted by Gasteiger charge is 2.27. The zero-order valence-electron chi connectivity index (χ0n) is 19.7. The molecule has 4 rings (SSSR count). The van der Waals surface area contributed by atoms with Crippen molar-refractivity contribution in [2.75, 3.05) is 39.4 Å². The molecule has 0 spiro atoms. The molecule has 34 heavy (non-hydrogen) atoms. The lowest BCUT2D eigenvalue weighted by Gasteiger charge is -2.19. The summed E-state index contributed by atoms with van der Waals surface area (Å²) in [6.07, 6.45) is 2.23. The second-order valence-corrected chi connectivity index (χ2v) is 7.44.